The molecule has 216 valence electrons. The number of nitrogens with zero attached hydrogens (tertiary/aromatic N) is 3. The fourth-order valence-corrected chi connectivity index (χ4v) is 5.68. The summed E-state index contributed by atoms with van der Waals surface area (Å²) in [6.45, 7) is 26.4. The summed E-state index contributed by atoms with van der Waals surface area (Å²) in [6.07, 6.45) is 0. The number of rotatable bonds is 12. The van der Waals surface area contributed by atoms with E-state index < -0.39 is 0 Å². The Labute approximate surface area is 270 Å². The van der Waals surface area contributed by atoms with Crippen LogP contribution in [0.1, 0.15) is 80.8 Å². The Kier molecular flexibility index (Phi) is 17.2. The van der Waals surface area contributed by atoms with Crippen LogP contribution >= 0.6 is 0 Å². The van der Waals surface area contributed by atoms with Crippen molar-refractivity contribution in [2.45, 2.75) is 68.2 Å². The first-order valence-electron chi connectivity index (χ1n) is 14.4. The molecule has 0 aliphatic heterocycles. The summed E-state index contributed by atoms with van der Waals surface area (Å²) in [5.41, 5.74) is 12.2. The molecule has 0 aliphatic rings. The van der Waals surface area contributed by atoms with Gasteiger partial charge in [0.25, 0.3) is 0 Å². The first-order valence-corrected chi connectivity index (χ1v) is 14.4. The molecule has 0 bridgehead atoms. The molecule has 40 heavy (non-hydrogen) atoms. The minimum atomic E-state index is 0. The fraction of sp³-hybridized carbons (Fsp3) is 0.471. The predicted molar refractivity (Wildman–Crippen MR) is 165 cm³/mol. The van der Waals surface area contributed by atoms with Crippen molar-refractivity contribution < 1.29 is 44.3 Å². The van der Waals surface area contributed by atoms with Crippen LogP contribution in [0.4, 0.5) is 17.1 Å². The zero-order valence-electron chi connectivity index (χ0n) is 26.3. The van der Waals surface area contributed by atoms with Crippen LogP contribution < -0.4 is 39.5 Å². The summed E-state index contributed by atoms with van der Waals surface area (Å²) >= 11 is 0. The van der Waals surface area contributed by atoms with E-state index in [1.807, 2.05) is 0 Å². The van der Waals surface area contributed by atoms with E-state index in [-0.39, 0.29) is 50.2 Å². The van der Waals surface area contributed by atoms with Crippen molar-refractivity contribution in [3.05, 3.63) is 88.0 Å². The average Bonchev–Trinajstić information content (AvgIpc) is 2.91. The summed E-state index contributed by atoms with van der Waals surface area (Å²) in [6, 6.07) is 21.2. The SMILES string of the molecule is CCN(CC)c1ccc(C)c(C(c2cc(N(CC)CC)ccc2C)c2cc(N(CC)CC)ccc2C)c1.[Cl-].[Cl-].[Zn+2]. The van der Waals surface area contributed by atoms with E-state index in [9.17, 15) is 0 Å². The normalized spacial score (nSPS) is 10.3. The zero-order chi connectivity index (χ0) is 27.1. The minimum Gasteiger partial charge on any atom is -1.00 e. The van der Waals surface area contributed by atoms with Crippen molar-refractivity contribution in [1.82, 2.24) is 0 Å². The first kappa shape index (κ1) is 38.3. The minimum absolute atomic E-state index is 0. The molecule has 0 aromatic heterocycles. The number of anilines is 3. The van der Waals surface area contributed by atoms with Gasteiger partial charge in [0, 0.05) is 62.2 Å². The molecule has 0 spiro atoms. The van der Waals surface area contributed by atoms with Gasteiger partial charge >= 0.3 is 19.5 Å². The molecule has 0 atom stereocenters. The van der Waals surface area contributed by atoms with Crippen molar-refractivity contribution in [1.29, 1.82) is 0 Å². The molecule has 3 aromatic rings. The summed E-state index contributed by atoms with van der Waals surface area (Å²) in [4.78, 5) is 7.37. The Bertz CT molecular complexity index is 1030. The van der Waals surface area contributed by atoms with Crippen LogP contribution in [0.5, 0.6) is 0 Å². The van der Waals surface area contributed by atoms with Crippen molar-refractivity contribution >= 4 is 17.1 Å². The Morgan fingerprint density at radius 3 is 0.875 bits per heavy atom. The van der Waals surface area contributed by atoms with Crippen molar-refractivity contribution in [3.63, 3.8) is 0 Å². The maximum Gasteiger partial charge on any atom is 2.00 e. The molecule has 3 aromatic carbocycles. The molecule has 0 unspecified atom stereocenters. The third-order valence-electron chi connectivity index (χ3n) is 8.11. The average molecular weight is 636 g/mol. The second kappa shape index (κ2) is 17.9. The van der Waals surface area contributed by atoms with Crippen LogP contribution in [0.2, 0.25) is 0 Å². The monoisotopic (exact) mass is 633 g/mol. The van der Waals surface area contributed by atoms with Crippen molar-refractivity contribution in [2.24, 2.45) is 0 Å². The molecule has 3 rings (SSSR count). The van der Waals surface area contributed by atoms with Gasteiger partial charge in [0.15, 0.2) is 0 Å². The van der Waals surface area contributed by atoms with E-state index >= 15 is 0 Å². The van der Waals surface area contributed by atoms with Gasteiger partial charge in [-0.1, -0.05) is 18.2 Å². The summed E-state index contributed by atoms with van der Waals surface area (Å²) in [5.74, 6) is 0.168. The third kappa shape index (κ3) is 8.40. The van der Waals surface area contributed by atoms with Gasteiger partial charge in [-0.3, -0.25) is 0 Å². The number of hydrogen-bond donors (Lipinski definition) is 0. The van der Waals surface area contributed by atoms with Crippen LogP contribution in [0.15, 0.2) is 54.6 Å². The summed E-state index contributed by atoms with van der Waals surface area (Å²) in [5, 5.41) is 0. The van der Waals surface area contributed by atoms with E-state index in [1.54, 1.807) is 0 Å². The molecule has 0 N–H and O–H groups in total. The van der Waals surface area contributed by atoms with Gasteiger partial charge in [-0.25, -0.2) is 0 Å². The maximum atomic E-state index is 2.46. The quantitative estimate of drug-likeness (QED) is 0.224. The Balaban J connectivity index is 0.00000507. The van der Waals surface area contributed by atoms with Gasteiger partial charge in [-0.15, -0.1) is 0 Å². The molecule has 3 nitrogen and oxygen atoms in total. The van der Waals surface area contributed by atoms with Crippen LogP contribution in [0.25, 0.3) is 0 Å². The molecular weight excluding hydrogens is 587 g/mol. The molecule has 0 aliphatic carbocycles. The van der Waals surface area contributed by atoms with Gasteiger partial charge in [0.2, 0.25) is 0 Å². The van der Waals surface area contributed by atoms with Crippen LogP contribution in [-0.4, -0.2) is 39.3 Å². The Hall–Kier alpha value is -1.74. The number of benzene rings is 3. The van der Waals surface area contributed by atoms with E-state index in [2.05, 4.69) is 132 Å². The molecular formula is C34H49Cl2N3Zn. The van der Waals surface area contributed by atoms with Crippen LogP contribution in [0.3, 0.4) is 0 Å². The standard InChI is InChI=1S/C34H49N3.2ClH.Zn/c1-10-35(11-2)28-19-16-25(7)31(22-28)34(32-23-29(20-17-26(32)8)36(12-3)13-4)33-24-30(21-18-27(33)9)37(14-5)15-6;;;/h16-24,34H,10-15H2,1-9H3;2*1H;/q;;;+2/p-2. The molecule has 0 radical (unpaired) electrons. The second-order valence-electron chi connectivity index (χ2n) is 10.1. The molecule has 0 fully saturated rings. The van der Waals surface area contributed by atoms with Gasteiger partial charge in [-0.2, -0.15) is 0 Å². The third-order valence-corrected chi connectivity index (χ3v) is 8.11. The van der Waals surface area contributed by atoms with Crippen LogP contribution in [0, 0.1) is 20.8 Å². The Morgan fingerprint density at radius 2 is 0.675 bits per heavy atom. The number of halogens is 2. The molecule has 0 saturated carbocycles. The van der Waals surface area contributed by atoms with E-state index in [4.69, 9.17) is 0 Å². The van der Waals surface area contributed by atoms with Gasteiger partial charge < -0.3 is 39.5 Å². The van der Waals surface area contributed by atoms with E-state index in [0.717, 1.165) is 39.3 Å². The van der Waals surface area contributed by atoms with Gasteiger partial charge in [-0.05, 0) is 132 Å². The van der Waals surface area contributed by atoms with Gasteiger partial charge in [0.1, 0.15) is 0 Å². The molecule has 6 heteroatoms. The Morgan fingerprint density at radius 1 is 0.450 bits per heavy atom. The zero-order valence-corrected chi connectivity index (χ0v) is 30.8. The largest absolute Gasteiger partial charge is 2.00 e. The van der Waals surface area contributed by atoms with Crippen LogP contribution in [-0.2, 0) is 19.5 Å². The number of aryl methyl sites for hydroxylation is 3. The van der Waals surface area contributed by atoms with Gasteiger partial charge in [0.05, 0.1) is 0 Å². The molecule has 0 amide bonds. The first-order chi connectivity index (χ1) is 17.8. The van der Waals surface area contributed by atoms with Crippen molar-refractivity contribution in [3.8, 4) is 0 Å². The van der Waals surface area contributed by atoms with Crippen molar-refractivity contribution in [2.75, 3.05) is 54.0 Å². The predicted octanol–water partition coefficient (Wildman–Crippen LogP) is 2.34. The smallest absolute Gasteiger partial charge is 1.00 e. The maximum absolute atomic E-state index is 2.46. The van der Waals surface area contributed by atoms with E-state index in [0.29, 0.717) is 0 Å². The fourth-order valence-electron chi connectivity index (χ4n) is 5.68. The molecule has 0 saturated heterocycles. The number of hydrogen-bond acceptors (Lipinski definition) is 3. The topological polar surface area (TPSA) is 9.72 Å². The molecule has 0 heterocycles. The summed E-state index contributed by atoms with van der Waals surface area (Å²) in [7, 11) is 0. The summed E-state index contributed by atoms with van der Waals surface area (Å²) < 4.78 is 0. The second-order valence-corrected chi connectivity index (χ2v) is 10.1. The van der Waals surface area contributed by atoms with E-state index in [1.165, 1.54) is 50.4 Å².